The largest absolute Gasteiger partial charge is 0.536 e. The van der Waals surface area contributed by atoms with E-state index in [1.807, 2.05) is 0 Å². The molecule has 9 heteroatoms. The Balaban J connectivity index is 2.80. The van der Waals surface area contributed by atoms with E-state index in [0.717, 1.165) is 12.2 Å². The van der Waals surface area contributed by atoms with Crippen LogP contribution in [0.5, 0.6) is 0 Å². The molecule has 0 heterocycles. The normalized spacial score (nSPS) is 16.4. The molecule has 0 aromatic carbocycles. The standard InChI is InChI=1S/C7H5F3N2O3S/c8-7(9,10)16(13,14)15-12-6-3-1-5(11)2-4-6/h1-4,11H. The molecule has 0 fully saturated rings. The van der Waals surface area contributed by atoms with Crippen LogP contribution in [0.2, 0.25) is 0 Å². The number of hydrogen-bond acceptors (Lipinski definition) is 5. The highest BCUT2D eigenvalue weighted by Crippen LogP contribution is 2.24. The molecular weight excluding hydrogens is 249 g/mol. The summed E-state index contributed by atoms with van der Waals surface area (Å²) in [5.41, 5.74) is -5.53. The van der Waals surface area contributed by atoms with Crippen LogP contribution in [0, 0.1) is 5.41 Å². The molecule has 0 bridgehead atoms. The minimum atomic E-state index is -5.72. The summed E-state index contributed by atoms with van der Waals surface area (Å²) in [5, 5.41) is 9.86. The van der Waals surface area contributed by atoms with Crippen LogP contribution in [0.1, 0.15) is 0 Å². The third kappa shape index (κ3) is 2.92. The second kappa shape index (κ2) is 4.08. The maximum Gasteiger partial charge on any atom is 0.536 e. The lowest BCUT2D eigenvalue weighted by atomic mass is 10.1. The van der Waals surface area contributed by atoms with Crippen molar-refractivity contribution in [3.05, 3.63) is 24.3 Å². The number of nitrogens with one attached hydrogen (secondary N) is 1. The molecular formula is C7H5F3N2O3S. The second-order valence-corrected chi connectivity index (χ2v) is 4.13. The molecule has 0 aromatic heterocycles. The third-order valence-electron chi connectivity index (χ3n) is 1.39. The zero-order chi connectivity index (χ0) is 12.4. The number of allylic oxidation sites excluding steroid dienone is 4. The van der Waals surface area contributed by atoms with Crippen molar-refractivity contribution in [3.8, 4) is 0 Å². The van der Waals surface area contributed by atoms with Crippen LogP contribution < -0.4 is 0 Å². The van der Waals surface area contributed by atoms with E-state index in [9.17, 15) is 21.6 Å². The number of alkyl halides is 3. The van der Waals surface area contributed by atoms with Crippen LogP contribution in [-0.4, -0.2) is 25.3 Å². The van der Waals surface area contributed by atoms with Gasteiger partial charge < -0.3 is 5.41 Å². The summed E-state index contributed by atoms with van der Waals surface area (Å²) >= 11 is 0. The van der Waals surface area contributed by atoms with E-state index in [0.29, 0.717) is 0 Å². The van der Waals surface area contributed by atoms with E-state index in [-0.39, 0.29) is 11.4 Å². The van der Waals surface area contributed by atoms with Crippen molar-refractivity contribution >= 4 is 21.5 Å². The van der Waals surface area contributed by atoms with Crippen molar-refractivity contribution in [1.29, 1.82) is 5.41 Å². The first-order chi connectivity index (χ1) is 7.22. The first-order valence-electron chi connectivity index (χ1n) is 3.75. The Kier molecular flexibility index (Phi) is 3.17. The van der Waals surface area contributed by atoms with Crippen LogP contribution >= 0.6 is 0 Å². The molecule has 0 unspecified atom stereocenters. The molecule has 0 radical (unpaired) electrons. The maximum absolute atomic E-state index is 11.8. The SMILES string of the molecule is N=C1C=CC(=NOS(=O)(=O)C(F)(F)F)C=C1. The van der Waals surface area contributed by atoms with Crippen molar-refractivity contribution in [2.24, 2.45) is 5.16 Å². The topological polar surface area (TPSA) is 79.6 Å². The van der Waals surface area contributed by atoms with Gasteiger partial charge in [-0.1, -0.05) is 5.16 Å². The Hall–Kier alpha value is -1.64. The van der Waals surface area contributed by atoms with E-state index in [2.05, 4.69) is 9.44 Å². The van der Waals surface area contributed by atoms with Gasteiger partial charge >= 0.3 is 15.6 Å². The zero-order valence-corrected chi connectivity index (χ0v) is 8.34. The zero-order valence-electron chi connectivity index (χ0n) is 7.52. The number of hydrogen-bond donors (Lipinski definition) is 1. The summed E-state index contributed by atoms with van der Waals surface area (Å²) in [4.78, 5) is 0. The molecule has 0 spiro atoms. The van der Waals surface area contributed by atoms with E-state index < -0.39 is 15.6 Å². The first kappa shape index (κ1) is 12.4. The van der Waals surface area contributed by atoms with Crippen molar-refractivity contribution in [3.63, 3.8) is 0 Å². The van der Waals surface area contributed by atoms with Crippen LogP contribution in [-0.2, 0) is 14.4 Å². The van der Waals surface area contributed by atoms with Gasteiger partial charge in [0, 0.05) is 0 Å². The molecule has 0 amide bonds. The van der Waals surface area contributed by atoms with E-state index in [1.165, 1.54) is 12.2 Å². The molecule has 0 aliphatic heterocycles. The van der Waals surface area contributed by atoms with Gasteiger partial charge in [-0.15, -0.1) is 0 Å². The molecule has 0 aromatic rings. The van der Waals surface area contributed by atoms with Gasteiger partial charge in [0.1, 0.15) is 5.71 Å². The lowest BCUT2D eigenvalue weighted by Gasteiger charge is -2.05. The van der Waals surface area contributed by atoms with Gasteiger partial charge in [-0.3, -0.25) is 4.28 Å². The summed E-state index contributed by atoms with van der Waals surface area (Å²) in [6.07, 6.45) is 4.74. The fourth-order valence-electron chi connectivity index (χ4n) is 0.657. The molecule has 88 valence electrons. The molecule has 1 N–H and O–H groups in total. The molecule has 0 saturated heterocycles. The fourth-order valence-corrected chi connectivity index (χ4v) is 0.925. The Morgan fingerprint density at radius 2 is 1.69 bits per heavy atom. The average Bonchev–Trinajstić information content (AvgIpc) is 2.15. The highest BCUT2D eigenvalue weighted by atomic mass is 32.2. The number of halogens is 3. The predicted octanol–water partition coefficient (Wildman–Crippen LogP) is 1.35. The minimum absolute atomic E-state index is 0.109. The predicted molar refractivity (Wildman–Crippen MR) is 49.5 cm³/mol. The Morgan fingerprint density at radius 1 is 1.19 bits per heavy atom. The lowest BCUT2D eigenvalue weighted by Crippen LogP contribution is -2.24. The van der Waals surface area contributed by atoms with E-state index in [4.69, 9.17) is 5.41 Å². The number of oxime groups is 1. The van der Waals surface area contributed by atoms with Crippen molar-refractivity contribution < 1.29 is 25.9 Å². The van der Waals surface area contributed by atoms with Crippen LogP contribution in [0.3, 0.4) is 0 Å². The van der Waals surface area contributed by atoms with Gasteiger partial charge in [-0.05, 0) is 24.3 Å². The third-order valence-corrected chi connectivity index (χ3v) is 2.23. The van der Waals surface area contributed by atoms with Gasteiger partial charge in [0.25, 0.3) is 0 Å². The second-order valence-electron chi connectivity index (χ2n) is 2.61. The summed E-state index contributed by atoms with van der Waals surface area (Å²) in [6.45, 7) is 0. The molecule has 16 heavy (non-hydrogen) atoms. The minimum Gasteiger partial charge on any atom is -0.301 e. The highest BCUT2D eigenvalue weighted by Gasteiger charge is 2.49. The maximum atomic E-state index is 11.8. The summed E-state index contributed by atoms with van der Waals surface area (Å²) in [7, 11) is -5.72. The van der Waals surface area contributed by atoms with Gasteiger partial charge in [0.05, 0.1) is 5.71 Å². The van der Waals surface area contributed by atoms with Gasteiger partial charge in [0.2, 0.25) is 0 Å². The number of rotatable bonds is 2. The van der Waals surface area contributed by atoms with Crippen LogP contribution in [0.4, 0.5) is 13.2 Å². The van der Waals surface area contributed by atoms with Crippen molar-refractivity contribution in [1.82, 2.24) is 0 Å². The summed E-state index contributed by atoms with van der Waals surface area (Å²) in [6, 6.07) is 0. The van der Waals surface area contributed by atoms with E-state index in [1.54, 1.807) is 0 Å². The highest BCUT2D eigenvalue weighted by molar-refractivity contribution is 7.87. The summed E-state index contributed by atoms with van der Waals surface area (Å²) < 4.78 is 59.7. The molecule has 0 atom stereocenters. The Labute approximate surface area is 88.5 Å². The van der Waals surface area contributed by atoms with E-state index >= 15 is 0 Å². The van der Waals surface area contributed by atoms with Crippen molar-refractivity contribution in [2.75, 3.05) is 0 Å². The van der Waals surface area contributed by atoms with Gasteiger partial charge in [-0.25, -0.2) is 0 Å². The van der Waals surface area contributed by atoms with Gasteiger partial charge in [0.15, 0.2) is 0 Å². The first-order valence-corrected chi connectivity index (χ1v) is 5.16. The lowest BCUT2D eigenvalue weighted by molar-refractivity contribution is -0.0540. The van der Waals surface area contributed by atoms with Crippen molar-refractivity contribution in [2.45, 2.75) is 5.51 Å². The average molecular weight is 254 g/mol. The Morgan fingerprint density at radius 3 is 2.12 bits per heavy atom. The smallest absolute Gasteiger partial charge is 0.301 e. The monoisotopic (exact) mass is 254 g/mol. The fraction of sp³-hybridized carbons (Fsp3) is 0.143. The molecule has 5 nitrogen and oxygen atoms in total. The van der Waals surface area contributed by atoms with Gasteiger partial charge in [-0.2, -0.15) is 21.6 Å². The molecule has 1 aliphatic rings. The molecule has 0 saturated carbocycles. The Bertz CT molecular complexity index is 469. The molecule has 1 aliphatic carbocycles. The van der Waals surface area contributed by atoms with Crippen LogP contribution in [0.15, 0.2) is 29.5 Å². The molecule has 1 rings (SSSR count). The summed E-state index contributed by atoms with van der Waals surface area (Å²) in [5.74, 6) is 0. The quantitative estimate of drug-likeness (QED) is 0.459. The number of nitrogens with zero attached hydrogens (tertiary/aromatic N) is 1. The van der Waals surface area contributed by atoms with Crippen LogP contribution in [0.25, 0.3) is 0 Å².